The first-order valence-electron chi connectivity index (χ1n) is 7.07. The van der Waals surface area contributed by atoms with Crippen LogP contribution in [0.5, 0.6) is 0 Å². The van der Waals surface area contributed by atoms with Crippen LogP contribution < -0.4 is 10.5 Å². The first-order valence-corrected chi connectivity index (χ1v) is 9.00. The van der Waals surface area contributed by atoms with Gasteiger partial charge in [-0.15, -0.1) is 0 Å². The molecule has 0 atom stereocenters. The van der Waals surface area contributed by atoms with E-state index in [1.807, 2.05) is 0 Å². The minimum atomic E-state index is -3.87. The van der Waals surface area contributed by atoms with Crippen LogP contribution in [0.4, 0.5) is 5.69 Å². The molecular formula is C16H15ClN2O5S. The van der Waals surface area contributed by atoms with Crippen molar-refractivity contribution < 1.29 is 22.7 Å². The quantitative estimate of drug-likeness (QED) is 0.738. The Morgan fingerprint density at radius 2 is 1.84 bits per heavy atom. The highest BCUT2D eigenvalue weighted by Gasteiger charge is 2.12. The fourth-order valence-electron chi connectivity index (χ4n) is 1.94. The van der Waals surface area contributed by atoms with E-state index in [0.29, 0.717) is 10.6 Å². The van der Waals surface area contributed by atoms with E-state index in [4.69, 9.17) is 21.5 Å². The van der Waals surface area contributed by atoms with Gasteiger partial charge in [0.05, 0.1) is 11.3 Å². The van der Waals surface area contributed by atoms with Gasteiger partial charge in [0.15, 0.2) is 6.61 Å². The number of nitrogens with two attached hydrogens (primary N) is 1. The highest BCUT2D eigenvalue weighted by atomic mass is 35.5. The second kappa shape index (κ2) is 8.11. The Bertz CT molecular complexity index is 899. The number of amides is 1. The highest BCUT2D eigenvalue weighted by Crippen LogP contribution is 2.16. The van der Waals surface area contributed by atoms with Gasteiger partial charge >= 0.3 is 5.97 Å². The Hall–Kier alpha value is -2.42. The minimum absolute atomic E-state index is 0.0617. The summed E-state index contributed by atoms with van der Waals surface area (Å²) >= 11 is 5.94. The van der Waals surface area contributed by atoms with Crippen LogP contribution in [0.1, 0.15) is 5.56 Å². The van der Waals surface area contributed by atoms with Crippen LogP contribution in [0.15, 0.2) is 53.4 Å². The van der Waals surface area contributed by atoms with Gasteiger partial charge < -0.3 is 10.1 Å². The molecule has 1 amide bonds. The normalized spacial score (nSPS) is 11.0. The van der Waals surface area contributed by atoms with Crippen molar-refractivity contribution in [2.24, 2.45) is 5.14 Å². The second-order valence-corrected chi connectivity index (χ2v) is 7.02. The lowest BCUT2D eigenvalue weighted by Crippen LogP contribution is -2.22. The maximum absolute atomic E-state index is 11.8. The number of ether oxygens (including phenoxy) is 1. The van der Waals surface area contributed by atoms with Crippen molar-refractivity contribution in [3.63, 3.8) is 0 Å². The van der Waals surface area contributed by atoms with Gasteiger partial charge in [-0.05, 0) is 29.8 Å². The van der Waals surface area contributed by atoms with Crippen LogP contribution >= 0.6 is 11.6 Å². The van der Waals surface area contributed by atoms with Crippen molar-refractivity contribution >= 4 is 39.2 Å². The largest absolute Gasteiger partial charge is 0.455 e. The zero-order valence-corrected chi connectivity index (χ0v) is 14.5. The fourth-order valence-corrected chi connectivity index (χ4v) is 2.70. The van der Waals surface area contributed by atoms with Crippen molar-refractivity contribution in [1.29, 1.82) is 0 Å². The Morgan fingerprint density at radius 3 is 2.52 bits per heavy atom. The Balaban J connectivity index is 1.89. The Morgan fingerprint density at radius 1 is 1.12 bits per heavy atom. The number of esters is 1. The summed E-state index contributed by atoms with van der Waals surface area (Å²) in [5, 5.41) is 7.88. The van der Waals surface area contributed by atoms with Gasteiger partial charge in [-0.2, -0.15) is 0 Å². The zero-order valence-electron chi connectivity index (χ0n) is 12.9. The molecule has 25 heavy (non-hydrogen) atoms. The number of halogens is 1. The highest BCUT2D eigenvalue weighted by molar-refractivity contribution is 7.89. The lowest BCUT2D eigenvalue weighted by atomic mass is 10.1. The third-order valence-corrected chi connectivity index (χ3v) is 4.38. The molecule has 0 aliphatic carbocycles. The van der Waals surface area contributed by atoms with E-state index in [1.54, 1.807) is 24.3 Å². The zero-order chi connectivity index (χ0) is 18.4. The van der Waals surface area contributed by atoms with E-state index in [-0.39, 0.29) is 17.0 Å². The summed E-state index contributed by atoms with van der Waals surface area (Å²) in [5.41, 5.74) is 0.814. The summed E-state index contributed by atoms with van der Waals surface area (Å²) in [6, 6.07) is 12.2. The van der Waals surface area contributed by atoms with E-state index in [2.05, 4.69) is 5.32 Å². The molecule has 2 aromatic rings. The molecule has 0 spiro atoms. The molecule has 0 bridgehead atoms. The van der Waals surface area contributed by atoms with Gasteiger partial charge in [-0.3, -0.25) is 9.59 Å². The molecule has 0 radical (unpaired) electrons. The maximum atomic E-state index is 11.8. The summed E-state index contributed by atoms with van der Waals surface area (Å²) in [7, 11) is -3.87. The number of sulfonamides is 1. The lowest BCUT2D eigenvalue weighted by Gasteiger charge is -2.08. The van der Waals surface area contributed by atoms with Gasteiger partial charge in [0.25, 0.3) is 5.91 Å². The fraction of sp³-hybridized carbons (Fsp3) is 0.125. The summed E-state index contributed by atoms with van der Waals surface area (Å²) in [5.74, 6) is -1.22. The Kier molecular flexibility index (Phi) is 6.13. The third-order valence-electron chi connectivity index (χ3n) is 3.10. The molecule has 2 aromatic carbocycles. The number of nitrogens with one attached hydrogen (secondary N) is 1. The summed E-state index contributed by atoms with van der Waals surface area (Å²) in [4.78, 5) is 23.4. The summed E-state index contributed by atoms with van der Waals surface area (Å²) < 4.78 is 27.4. The smallest absolute Gasteiger partial charge is 0.310 e. The summed E-state index contributed by atoms with van der Waals surface area (Å²) in [6.45, 7) is -0.511. The van der Waals surface area contributed by atoms with Gasteiger partial charge in [0.2, 0.25) is 10.0 Å². The minimum Gasteiger partial charge on any atom is -0.455 e. The van der Waals surface area contributed by atoms with Crippen LogP contribution in [0.3, 0.4) is 0 Å². The van der Waals surface area contributed by atoms with E-state index in [0.717, 1.165) is 0 Å². The van der Waals surface area contributed by atoms with Gasteiger partial charge in [-0.25, -0.2) is 13.6 Å². The molecular weight excluding hydrogens is 368 g/mol. The molecule has 0 fully saturated rings. The molecule has 2 rings (SSSR count). The van der Waals surface area contributed by atoms with Crippen molar-refractivity contribution in [1.82, 2.24) is 0 Å². The molecule has 3 N–H and O–H groups in total. The molecule has 0 aliphatic rings. The number of rotatable bonds is 6. The first-order chi connectivity index (χ1) is 11.8. The van der Waals surface area contributed by atoms with Gasteiger partial charge in [-0.1, -0.05) is 35.9 Å². The number of anilines is 1. The van der Waals surface area contributed by atoms with Crippen molar-refractivity contribution in [3.8, 4) is 0 Å². The molecule has 9 heteroatoms. The average molecular weight is 383 g/mol. The van der Waals surface area contributed by atoms with E-state index < -0.39 is 28.5 Å². The first kappa shape index (κ1) is 18.9. The number of hydrogen-bond donors (Lipinski definition) is 2. The predicted molar refractivity (Wildman–Crippen MR) is 92.6 cm³/mol. The lowest BCUT2D eigenvalue weighted by molar-refractivity contribution is -0.146. The predicted octanol–water partition coefficient (Wildman–Crippen LogP) is 1.71. The number of carbonyl (C=O) groups is 2. The van der Waals surface area contributed by atoms with E-state index in [9.17, 15) is 18.0 Å². The molecule has 0 saturated heterocycles. The van der Waals surface area contributed by atoms with Crippen molar-refractivity contribution in [3.05, 3.63) is 59.1 Å². The maximum Gasteiger partial charge on any atom is 0.310 e. The molecule has 0 unspecified atom stereocenters. The monoisotopic (exact) mass is 382 g/mol. The number of primary sulfonamides is 1. The SMILES string of the molecule is NS(=O)(=O)c1cccc(NC(=O)COC(=O)Cc2ccccc2Cl)c1. The molecule has 132 valence electrons. The second-order valence-electron chi connectivity index (χ2n) is 5.05. The standard InChI is InChI=1S/C16H15ClN2O5S/c17-14-7-2-1-4-11(14)8-16(21)24-10-15(20)19-12-5-3-6-13(9-12)25(18,22)23/h1-7,9H,8,10H2,(H,19,20)(H2,18,22,23). The van der Waals surface area contributed by atoms with Crippen molar-refractivity contribution in [2.45, 2.75) is 11.3 Å². The molecule has 0 aliphatic heterocycles. The van der Waals surface area contributed by atoms with Gasteiger partial charge in [0.1, 0.15) is 0 Å². The van der Waals surface area contributed by atoms with Crippen molar-refractivity contribution in [2.75, 3.05) is 11.9 Å². The third kappa shape index (κ3) is 5.86. The molecule has 0 heterocycles. The molecule has 0 aromatic heterocycles. The molecule has 7 nitrogen and oxygen atoms in total. The van der Waals surface area contributed by atoms with Crippen LogP contribution in [0.25, 0.3) is 0 Å². The topological polar surface area (TPSA) is 116 Å². The van der Waals surface area contributed by atoms with Gasteiger partial charge in [0, 0.05) is 10.7 Å². The van der Waals surface area contributed by atoms with E-state index >= 15 is 0 Å². The van der Waals surface area contributed by atoms with Crippen LogP contribution in [0.2, 0.25) is 5.02 Å². The average Bonchev–Trinajstić information content (AvgIpc) is 2.55. The summed E-state index contributed by atoms with van der Waals surface area (Å²) in [6.07, 6.45) is -0.0617. The van der Waals surface area contributed by atoms with Crippen LogP contribution in [-0.2, 0) is 30.8 Å². The molecule has 0 saturated carbocycles. The van der Waals surface area contributed by atoms with Crippen LogP contribution in [0, 0.1) is 0 Å². The number of hydrogen-bond acceptors (Lipinski definition) is 5. The number of carbonyl (C=O) groups excluding carboxylic acids is 2. The van der Waals surface area contributed by atoms with E-state index in [1.165, 1.54) is 24.3 Å². The van der Waals surface area contributed by atoms with Crippen LogP contribution in [-0.4, -0.2) is 26.9 Å². The Labute approximate surface area is 149 Å². The number of benzene rings is 2.